The Hall–Kier alpha value is -3.87. The highest BCUT2D eigenvalue weighted by Crippen LogP contribution is 2.32. The van der Waals surface area contributed by atoms with Gasteiger partial charge in [-0.15, -0.1) is 0 Å². The number of imidazole rings is 2. The molecule has 7 nitrogen and oxygen atoms in total. The van der Waals surface area contributed by atoms with Gasteiger partial charge in [0.1, 0.15) is 0 Å². The van der Waals surface area contributed by atoms with Gasteiger partial charge in [-0.2, -0.15) is 4.98 Å². The summed E-state index contributed by atoms with van der Waals surface area (Å²) in [5, 5.41) is 0. The third-order valence-electron chi connectivity index (χ3n) is 6.27. The average Bonchev–Trinajstić information content (AvgIpc) is 3.32. The van der Waals surface area contributed by atoms with Gasteiger partial charge < -0.3 is 0 Å². The van der Waals surface area contributed by atoms with Crippen LogP contribution in [-0.2, 0) is 20.5 Å². The second kappa shape index (κ2) is 7.09. The van der Waals surface area contributed by atoms with Crippen molar-refractivity contribution in [1.29, 1.82) is 0 Å². The van der Waals surface area contributed by atoms with Gasteiger partial charge in [0.25, 0.3) is 5.56 Å². The zero-order valence-corrected chi connectivity index (χ0v) is 18.9. The Bertz CT molecular complexity index is 1610. The normalized spacial score (nSPS) is 11.7. The van der Waals surface area contributed by atoms with Crippen LogP contribution in [0.15, 0.2) is 58.1 Å². The lowest BCUT2D eigenvalue weighted by atomic mass is 10.1. The van der Waals surface area contributed by atoms with Crippen molar-refractivity contribution >= 4 is 16.9 Å². The monoisotopic (exact) mass is 427 g/mol. The molecule has 0 radical (unpaired) electrons. The zero-order valence-electron chi connectivity index (χ0n) is 18.9. The molecule has 7 heteroatoms. The Morgan fingerprint density at radius 3 is 2.16 bits per heavy atom. The lowest BCUT2D eigenvalue weighted by Crippen LogP contribution is -2.37. The van der Waals surface area contributed by atoms with Crippen LogP contribution >= 0.6 is 0 Å². The third kappa shape index (κ3) is 2.70. The number of benzene rings is 2. The van der Waals surface area contributed by atoms with Crippen LogP contribution in [0.5, 0.6) is 0 Å². The second-order valence-corrected chi connectivity index (χ2v) is 8.28. The highest BCUT2D eigenvalue weighted by molar-refractivity contribution is 5.81. The molecule has 0 aliphatic carbocycles. The number of aryl methyl sites for hydroxylation is 4. The van der Waals surface area contributed by atoms with Crippen LogP contribution < -0.4 is 11.2 Å². The van der Waals surface area contributed by atoms with Gasteiger partial charge in [-0.3, -0.25) is 22.9 Å². The van der Waals surface area contributed by atoms with E-state index in [2.05, 4.69) is 66.9 Å². The lowest BCUT2D eigenvalue weighted by molar-refractivity contribution is 0.707. The van der Waals surface area contributed by atoms with Crippen molar-refractivity contribution in [2.24, 2.45) is 14.1 Å². The van der Waals surface area contributed by atoms with Crippen LogP contribution in [0.1, 0.15) is 23.7 Å². The van der Waals surface area contributed by atoms with E-state index in [0.717, 1.165) is 33.6 Å². The maximum Gasteiger partial charge on any atom is 0.332 e. The van der Waals surface area contributed by atoms with E-state index in [1.165, 1.54) is 22.7 Å². The molecule has 32 heavy (non-hydrogen) atoms. The Morgan fingerprint density at radius 1 is 0.875 bits per heavy atom. The van der Waals surface area contributed by atoms with Crippen LogP contribution in [0.4, 0.5) is 0 Å². The van der Waals surface area contributed by atoms with Gasteiger partial charge >= 0.3 is 5.69 Å². The van der Waals surface area contributed by atoms with E-state index in [0.29, 0.717) is 16.9 Å². The Morgan fingerprint density at radius 2 is 1.53 bits per heavy atom. The molecular formula is C25H25N5O2. The molecule has 5 aromatic rings. The van der Waals surface area contributed by atoms with E-state index >= 15 is 0 Å². The minimum Gasteiger partial charge on any atom is -0.279 e. The van der Waals surface area contributed by atoms with Gasteiger partial charge in [-0.05, 0) is 38.0 Å². The average molecular weight is 428 g/mol. The molecule has 0 atom stereocenters. The number of hydrogen-bond donors (Lipinski definition) is 0. The summed E-state index contributed by atoms with van der Waals surface area (Å²) in [5.74, 6) is 0.607. The first-order valence-corrected chi connectivity index (χ1v) is 10.7. The van der Waals surface area contributed by atoms with Crippen molar-refractivity contribution in [3.8, 4) is 16.9 Å². The molecule has 0 bridgehead atoms. The first-order chi connectivity index (χ1) is 15.3. The van der Waals surface area contributed by atoms with E-state index in [-0.39, 0.29) is 5.56 Å². The van der Waals surface area contributed by atoms with Crippen LogP contribution in [0, 0.1) is 13.8 Å². The summed E-state index contributed by atoms with van der Waals surface area (Å²) in [6.45, 7) is 6.18. The number of rotatable bonds is 3. The summed E-state index contributed by atoms with van der Waals surface area (Å²) in [4.78, 5) is 30.4. The molecule has 0 aliphatic heterocycles. The fraction of sp³-hybridized carbons (Fsp3) is 0.240. The van der Waals surface area contributed by atoms with Crippen LogP contribution in [0.2, 0.25) is 0 Å². The van der Waals surface area contributed by atoms with Crippen molar-refractivity contribution in [3.05, 3.63) is 86.2 Å². The van der Waals surface area contributed by atoms with Crippen molar-refractivity contribution in [3.63, 3.8) is 0 Å². The van der Waals surface area contributed by atoms with Gasteiger partial charge in [-0.1, -0.05) is 48.9 Å². The van der Waals surface area contributed by atoms with E-state index in [1.54, 1.807) is 7.05 Å². The van der Waals surface area contributed by atoms with Gasteiger partial charge in [0, 0.05) is 31.0 Å². The quantitative estimate of drug-likeness (QED) is 0.443. The lowest BCUT2D eigenvalue weighted by Gasteiger charge is -2.11. The topological polar surface area (TPSA) is 66.2 Å². The molecule has 0 fully saturated rings. The van der Waals surface area contributed by atoms with Crippen LogP contribution in [0.25, 0.3) is 33.9 Å². The fourth-order valence-corrected chi connectivity index (χ4v) is 4.39. The first-order valence-electron chi connectivity index (χ1n) is 10.7. The summed E-state index contributed by atoms with van der Waals surface area (Å²) < 4.78 is 6.51. The highest BCUT2D eigenvalue weighted by Gasteiger charge is 2.24. The van der Waals surface area contributed by atoms with Gasteiger partial charge in [0.05, 0.1) is 5.69 Å². The number of fused-ring (bicyclic) bond motifs is 3. The number of nitrogens with zero attached hydrogens (tertiary/aromatic N) is 5. The van der Waals surface area contributed by atoms with Gasteiger partial charge in [0.15, 0.2) is 11.2 Å². The molecule has 2 aromatic carbocycles. The molecule has 5 rings (SSSR count). The van der Waals surface area contributed by atoms with Crippen molar-refractivity contribution in [1.82, 2.24) is 23.1 Å². The Labute approximate surface area is 184 Å². The van der Waals surface area contributed by atoms with Crippen molar-refractivity contribution in [2.45, 2.75) is 27.2 Å². The van der Waals surface area contributed by atoms with Gasteiger partial charge in [0.2, 0.25) is 5.78 Å². The smallest absolute Gasteiger partial charge is 0.279 e. The Balaban J connectivity index is 1.98. The predicted molar refractivity (Wildman–Crippen MR) is 127 cm³/mol. The van der Waals surface area contributed by atoms with E-state index in [4.69, 9.17) is 4.98 Å². The number of hydrogen-bond acceptors (Lipinski definition) is 3. The number of aromatic nitrogens is 5. The highest BCUT2D eigenvalue weighted by atomic mass is 16.2. The van der Waals surface area contributed by atoms with Crippen LogP contribution in [-0.4, -0.2) is 23.1 Å². The third-order valence-corrected chi connectivity index (χ3v) is 6.27. The molecule has 162 valence electrons. The second-order valence-electron chi connectivity index (χ2n) is 8.28. The molecule has 0 unspecified atom stereocenters. The molecule has 0 N–H and O–H groups in total. The predicted octanol–water partition coefficient (Wildman–Crippen LogP) is 3.52. The van der Waals surface area contributed by atoms with E-state index in [9.17, 15) is 9.59 Å². The summed E-state index contributed by atoms with van der Waals surface area (Å²) in [5.41, 5.74) is 6.31. The van der Waals surface area contributed by atoms with E-state index < -0.39 is 5.69 Å². The summed E-state index contributed by atoms with van der Waals surface area (Å²) in [6.07, 6.45) is 0.955. The Kier molecular flexibility index (Phi) is 4.44. The molecular weight excluding hydrogens is 402 g/mol. The molecule has 3 heterocycles. The van der Waals surface area contributed by atoms with Crippen molar-refractivity contribution in [2.75, 3.05) is 0 Å². The zero-order chi connectivity index (χ0) is 22.7. The maximum absolute atomic E-state index is 13.1. The molecule has 0 saturated heterocycles. The van der Waals surface area contributed by atoms with Crippen molar-refractivity contribution < 1.29 is 0 Å². The minimum absolute atomic E-state index is 0.354. The summed E-state index contributed by atoms with van der Waals surface area (Å²) in [7, 11) is 3.15. The SMILES string of the molecule is CCc1ccc(-n2c(-c3ccc(C)cc3)c(C)n3c4c(=O)n(C)c(=O)n(C)c4nc23)cc1. The standard InChI is InChI=1S/C25H25N5O2/c1-6-17-9-13-19(14-10-17)30-20(18-11-7-15(2)8-12-18)16(3)29-21-22(26-24(29)30)27(4)25(32)28(5)23(21)31/h7-14H,6H2,1-5H3. The fourth-order valence-electron chi connectivity index (χ4n) is 4.39. The summed E-state index contributed by atoms with van der Waals surface area (Å²) >= 11 is 0. The molecule has 0 amide bonds. The summed E-state index contributed by atoms with van der Waals surface area (Å²) in [6, 6.07) is 16.7. The minimum atomic E-state index is -0.390. The van der Waals surface area contributed by atoms with Gasteiger partial charge in [-0.25, -0.2) is 4.79 Å². The molecule has 0 spiro atoms. The molecule has 0 saturated carbocycles. The largest absolute Gasteiger partial charge is 0.332 e. The maximum atomic E-state index is 13.1. The van der Waals surface area contributed by atoms with Crippen LogP contribution in [0.3, 0.4) is 0 Å². The first kappa shape index (κ1) is 20.1. The van der Waals surface area contributed by atoms with E-state index in [1.807, 2.05) is 11.3 Å². The molecule has 0 aliphatic rings. The molecule has 3 aromatic heterocycles.